The average molecular weight is 527 g/mol. The molecule has 38 heavy (non-hydrogen) atoms. The Bertz CT molecular complexity index is 1250. The van der Waals surface area contributed by atoms with E-state index in [4.69, 9.17) is 9.47 Å². The summed E-state index contributed by atoms with van der Waals surface area (Å²) in [5.74, 6) is -3.60. The lowest BCUT2D eigenvalue weighted by Crippen LogP contribution is -2.21. The maximum Gasteiger partial charge on any atom is 0.201 e. The first-order chi connectivity index (χ1) is 18.4. The molecule has 6 heteroatoms. The highest BCUT2D eigenvalue weighted by Crippen LogP contribution is 2.37. The van der Waals surface area contributed by atoms with E-state index in [1.165, 1.54) is 12.1 Å². The Balaban J connectivity index is 1.48. The van der Waals surface area contributed by atoms with E-state index in [-0.39, 0.29) is 22.4 Å². The molecule has 1 aliphatic heterocycles. The van der Waals surface area contributed by atoms with E-state index < -0.39 is 29.4 Å². The van der Waals surface area contributed by atoms with Crippen molar-refractivity contribution in [1.82, 2.24) is 0 Å². The maximum atomic E-state index is 15.1. The summed E-state index contributed by atoms with van der Waals surface area (Å²) in [7, 11) is 0. The van der Waals surface area contributed by atoms with Crippen molar-refractivity contribution in [2.24, 2.45) is 5.92 Å². The molecule has 2 atom stereocenters. The lowest BCUT2D eigenvalue weighted by atomic mass is 9.90. The van der Waals surface area contributed by atoms with Gasteiger partial charge in [0.1, 0.15) is 0 Å². The van der Waals surface area contributed by atoms with Crippen LogP contribution in [0.5, 0.6) is 5.75 Å². The number of unbranched alkanes of at least 4 members (excludes halogenated alkanes) is 1. The number of rotatable bonds is 10. The molecule has 0 spiro atoms. The van der Waals surface area contributed by atoms with Gasteiger partial charge < -0.3 is 9.47 Å². The summed E-state index contributed by atoms with van der Waals surface area (Å²) >= 11 is 0. The third kappa shape index (κ3) is 6.29. The molecular formula is C32H34F4O2. The fourth-order valence-electron chi connectivity index (χ4n) is 4.84. The smallest absolute Gasteiger partial charge is 0.201 e. The summed E-state index contributed by atoms with van der Waals surface area (Å²) in [5, 5.41) is 0. The molecule has 0 bridgehead atoms. The van der Waals surface area contributed by atoms with E-state index in [9.17, 15) is 8.78 Å². The zero-order valence-corrected chi connectivity index (χ0v) is 21.9. The summed E-state index contributed by atoms with van der Waals surface area (Å²) < 4.78 is 70.7. The maximum absolute atomic E-state index is 15.1. The van der Waals surface area contributed by atoms with Crippen molar-refractivity contribution in [2.75, 3.05) is 13.2 Å². The third-order valence-electron chi connectivity index (χ3n) is 7.12. The molecule has 2 unspecified atom stereocenters. The highest BCUT2D eigenvalue weighted by Gasteiger charge is 2.27. The van der Waals surface area contributed by atoms with Gasteiger partial charge in [0.15, 0.2) is 23.2 Å². The van der Waals surface area contributed by atoms with Crippen LogP contribution in [0.15, 0.2) is 60.7 Å². The normalized spacial score (nSPS) is 17.7. The van der Waals surface area contributed by atoms with Crippen LogP contribution in [-0.2, 0) is 4.74 Å². The first-order valence-electron chi connectivity index (χ1n) is 13.4. The molecule has 1 fully saturated rings. The molecule has 0 saturated carbocycles. The average Bonchev–Trinajstić information content (AvgIpc) is 2.94. The van der Waals surface area contributed by atoms with Gasteiger partial charge >= 0.3 is 0 Å². The second-order valence-electron chi connectivity index (χ2n) is 9.76. The number of benzene rings is 3. The summed E-state index contributed by atoms with van der Waals surface area (Å²) in [4.78, 5) is 0. The van der Waals surface area contributed by atoms with Crippen molar-refractivity contribution in [3.05, 3.63) is 89.5 Å². The Morgan fingerprint density at radius 2 is 1.50 bits per heavy atom. The molecule has 2 nitrogen and oxygen atoms in total. The van der Waals surface area contributed by atoms with Gasteiger partial charge in [-0.1, -0.05) is 61.9 Å². The summed E-state index contributed by atoms with van der Waals surface area (Å²) in [6, 6.07) is 12.3. The topological polar surface area (TPSA) is 18.5 Å². The van der Waals surface area contributed by atoms with E-state index in [0.29, 0.717) is 36.7 Å². The Hall–Kier alpha value is -3.12. The highest BCUT2D eigenvalue weighted by atomic mass is 19.2. The van der Waals surface area contributed by atoms with Crippen LogP contribution < -0.4 is 4.74 Å². The minimum Gasteiger partial charge on any atom is -0.490 e. The number of ether oxygens (including phenoxy) is 2. The van der Waals surface area contributed by atoms with Crippen LogP contribution in [0.3, 0.4) is 0 Å². The van der Waals surface area contributed by atoms with E-state index in [1.807, 2.05) is 19.9 Å². The number of halogens is 4. The van der Waals surface area contributed by atoms with Crippen LogP contribution >= 0.6 is 0 Å². The Labute approximate surface area is 222 Å². The van der Waals surface area contributed by atoms with E-state index in [1.54, 1.807) is 36.4 Å². The fraction of sp³-hybridized carbons (Fsp3) is 0.375. The molecule has 1 aliphatic rings. The van der Waals surface area contributed by atoms with Crippen molar-refractivity contribution >= 4 is 0 Å². The van der Waals surface area contributed by atoms with Gasteiger partial charge in [-0.3, -0.25) is 0 Å². The van der Waals surface area contributed by atoms with Crippen LogP contribution in [0.2, 0.25) is 0 Å². The minimum absolute atomic E-state index is 0.0670. The monoisotopic (exact) mass is 526 g/mol. The van der Waals surface area contributed by atoms with Gasteiger partial charge in [0, 0.05) is 16.7 Å². The Morgan fingerprint density at radius 3 is 2.11 bits per heavy atom. The SMILES string of the molecule is C/C=C/CCC1CCC(c2ccc(-c3ccc(-c4ccc(OCCCC)c(F)c4F)cc3)c(F)c2F)OC1. The first kappa shape index (κ1) is 27.9. The van der Waals surface area contributed by atoms with E-state index in [2.05, 4.69) is 6.08 Å². The zero-order chi connectivity index (χ0) is 27.1. The van der Waals surface area contributed by atoms with Crippen LogP contribution in [0.1, 0.15) is 64.0 Å². The van der Waals surface area contributed by atoms with Crippen molar-refractivity contribution in [1.29, 1.82) is 0 Å². The lowest BCUT2D eigenvalue weighted by Gasteiger charge is -2.29. The molecule has 4 rings (SSSR count). The Morgan fingerprint density at radius 1 is 0.842 bits per heavy atom. The third-order valence-corrected chi connectivity index (χ3v) is 7.12. The first-order valence-corrected chi connectivity index (χ1v) is 13.4. The lowest BCUT2D eigenvalue weighted by molar-refractivity contribution is -0.0210. The molecule has 0 N–H and O–H groups in total. The van der Waals surface area contributed by atoms with Gasteiger partial charge in [0.2, 0.25) is 5.82 Å². The van der Waals surface area contributed by atoms with Crippen molar-refractivity contribution in [3.8, 4) is 28.0 Å². The van der Waals surface area contributed by atoms with E-state index >= 15 is 8.78 Å². The fourth-order valence-corrected chi connectivity index (χ4v) is 4.84. The second kappa shape index (κ2) is 13.1. The summed E-state index contributed by atoms with van der Waals surface area (Å²) in [5.41, 5.74) is 1.25. The predicted molar refractivity (Wildman–Crippen MR) is 143 cm³/mol. The molecule has 0 aliphatic carbocycles. The zero-order valence-electron chi connectivity index (χ0n) is 21.9. The molecule has 1 saturated heterocycles. The quantitative estimate of drug-likeness (QED) is 0.149. The van der Waals surface area contributed by atoms with Crippen LogP contribution in [-0.4, -0.2) is 13.2 Å². The molecule has 0 amide bonds. The largest absolute Gasteiger partial charge is 0.490 e. The second-order valence-corrected chi connectivity index (χ2v) is 9.76. The molecule has 0 aromatic heterocycles. The summed E-state index contributed by atoms with van der Waals surface area (Å²) in [6.07, 6.45) is 8.89. The van der Waals surface area contributed by atoms with Crippen molar-refractivity contribution in [3.63, 3.8) is 0 Å². The highest BCUT2D eigenvalue weighted by molar-refractivity contribution is 5.71. The number of allylic oxidation sites excluding steroid dienone is 2. The van der Waals surface area contributed by atoms with Gasteiger partial charge in [0.25, 0.3) is 0 Å². The molecular weight excluding hydrogens is 492 g/mol. The van der Waals surface area contributed by atoms with Gasteiger partial charge in [-0.05, 0) is 68.2 Å². The molecule has 0 radical (unpaired) electrons. The van der Waals surface area contributed by atoms with Crippen LogP contribution in [0, 0.1) is 29.2 Å². The van der Waals surface area contributed by atoms with Crippen LogP contribution in [0.4, 0.5) is 17.6 Å². The van der Waals surface area contributed by atoms with Gasteiger partial charge in [-0.25, -0.2) is 13.2 Å². The standard InChI is InChI=1S/C32H34F4O2/c1-3-5-7-8-21-9-17-27(38-20-21)26-15-14-24(29(33)31(26)35)22-10-12-23(13-11-22)25-16-18-28(32(36)30(25)34)37-19-6-4-2/h3,5,10-16,18,21,27H,4,6-9,17,19-20H2,1-2H3/b5-3+. The number of hydrogen-bond donors (Lipinski definition) is 0. The molecule has 1 heterocycles. The molecule has 3 aromatic rings. The molecule has 202 valence electrons. The van der Waals surface area contributed by atoms with Gasteiger partial charge in [0.05, 0.1) is 19.3 Å². The summed E-state index contributed by atoms with van der Waals surface area (Å²) in [6.45, 7) is 4.82. The van der Waals surface area contributed by atoms with Gasteiger partial charge in [-0.2, -0.15) is 4.39 Å². The predicted octanol–water partition coefficient (Wildman–Crippen LogP) is 9.58. The van der Waals surface area contributed by atoms with Crippen LogP contribution in [0.25, 0.3) is 22.3 Å². The molecule has 3 aromatic carbocycles. The number of hydrogen-bond acceptors (Lipinski definition) is 2. The van der Waals surface area contributed by atoms with Crippen molar-refractivity contribution in [2.45, 2.75) is 58.5 Å². The Kier molecular flexibility index (Phi) is 9.62. The van der Waals surface area contributed by atoms with E-state index in [0.717, 1.165) is 32.1 Å². The minimum atomic E-state index is -1.04. The van der Waals surface area contributed by atoms with Gasteiger partial charge in [-0.15, -0.1) is 0 Å². The van der Waals surface area contributed by atoms with Crippen molar-refractivity contribution < 1.29 is 27.0 Å².